The van der Waals surface area contributed by atoms with Gasteiger partial charge in [0.1, 0.15) is 18.2 Å². The number of nitrogens with one attached hydrogen (secondary N) is 2. The number of aromatic nitrogens is 2. The number of β-amino-alcohol motifs (C(OH)–C–C–N with tert-alkyl or cyclic N) is 1. The molecule has 1 fully saturated rings. The minimum Gasteiger partial charge on any atom is -0.487 e. The van der Waals surface area contributed by atoms with Crippen LogP contribution < -0.4 is 20.1 Å². The molecule has 1 aromatic carbocycles. The van der Waals surface area contributed by atoms with Crippen molar-refractivity contribution in [1.82, 2.24) is 19.8 Å². The van der Waals surface area contributed by atoms with Crippen LogP contribution in [0.2, 0.25) is 0 Å². The van der Waals surface area contributed by atoms with E-state index in [1.807, 2.05) is 19.1 Å². The number of hydrogen-bond donors (Lipinski definition) is 3. The molecule has 0 unspecified atom stereocenters. The molecule has 3 aromatic heterocycles. The Morgan fingerprint density at radius 3 is 2.80 bits per heavy atom. The Labute approximate surface area is 241 Å². The van der Waals surface area contributed by atoms with E-state index in [-0.39, 0.29) is 18.0 Å². The van der Waals surface area contributed by atoms with Crippen LogP contribution >= 0.6 is 11.3 Å². The summed E-state index contributed by atoms with van der Waals surface area (Å²) < 4.78 is 19.1. The van der Waals surface area contributed by atoms with Gasteiger partial charge in [0, 0.05) is 68.1 Å². The van der Waals surface area contributed by atoms with E-state index < -0.39 is 0 Å². The lowest BCUT2D eigenvalue weighted by Gasteiger charge is -2.14. The van der Waals surface area contributed by atoms with Crippen LogP contribution in [0, 0.1) is 0 Å². The summed E-state index contributed by atoms with van der Waals surface area (Å²) in [7, 11) is 1.57. The number of rotatable bonds is 11. The molecule has 4 aromatic rings. The number of nitrogens with zero attached hydrogens (tertiary/aromatic N) is 3. The van der Waals surface area contributed by atoms with Gasteiger partial charge in [-0.3, -0.25) is 14.3 Å². The quantitative estimate of drug-likeness (QED) is 0.224. The van der Waals surface area contributed by atoms with Crippen molar-refractivity contribution >= 4 is 40.0 Å². The van der Waals surface area contributed by atoms with Crippen molar-refractivity contribution in [1.29, 1.82) is 0 Å². The van der Waals surface area contributed by atoms with Crippen LogP contribution in [0.3, 0.4) is 0 Å². The summed E-state index contributed by atoms with van der Waals surface area (Å²) in [5, 5.41) is 16.0. The van der Waals surface area contributed by atoms with Gasteiger partial charge in [-0.15, -0.1) is 11.3 Å². The van der Waals surface area contributed by atoms with E-state index in [1.165, 1.54) is 15.9 Å². The fourth-order valence-corrected chi connectivity index (χ4v) is 5.54. The van der Waals surface area contributed by atoms with Crippen molar-refractivity contribution in [3.8, 4) is 17.2 Å². The van der Waals surface area contributed by atoms with Gasteiger partial charge < -0.3 is 30.0 Å². The van der Waals surface area contributed by atoms with Crippen molar-refractivity contribution < 1.29 is 28.9 Å². The normalized spacial score (nSPS) is 15.2. The Kier molecular flexibility index (Phi) is 9.14. The number of benzene rings is 1. The highest BCUT2D eigenvalue weighted by Gasteiger charge is 2.21. The standard InChI is InChI=1S/C29H33N5O6S/c1-3-38-12-13-39-24-16-23-19(7-11-34(23)29(37)30-2)14-25(24)40-21-6-9-31-27(15-21)32-28(36)26-5-4-22(41-26)18-33-10-8-20(35)17-33/h4-7,9,11,14-16,20,35H,3,8,10,12-13,17-18H2,1-2H3,(H,30,37)(H,31,32,36)/t20-/m0/s1. The summed E-state index contributed by atoms with van der Waals surface area (Å²) in [4.78, 5) is 33.3. The van der Waals surface area contributed by atoms with E-state index in [4.69, 9.17) is 14.2 Å². The van der Waals surface area contributed by atoms with Gasteiger partial charge in [0.05, 0.1) is 23.1 Å². The fourth-order valence-electron chi connectivity index (χ4n) is 4.60. The van der Waals surface area contributed by atoms with Crippen LogP contribution in [0.5, 0.6) is 17.2 Å². The molecule has 0 radical (unpaired) electrons. The molecule has 0 bridgehead atoms. The molecule has 0 aliphatic carbocycles. The fraction of sp³-hybridized carbons (Fsp3) is 0.345. The lowest BCUT2D eigenvalue weighted by atomic mass is 10.2. The third-order valence-electron chi connectivity index (χ3n) is 6.59. The minimum atomic E-state index is -0.276. The second-order valence-corrected chi connectivity index (χ2v) is 10.7. The molecule has 4 heterocycles. The zero-order chi connectivity index (χ0) is 28.8. The number of carbonyl (C=O) groups excluding carboxylic acids is 2. The summed E-state index contributed by atoms with van der Waals surface area (Å²) in [5.74, 6) is 1.43. The van der Waals surface area contributed by atoms with Gasteiger partial charge in [-0.25, -0.2) is 9.78 Å². The highest BCUT2D eigenvalue weighted by molar-refractivity contribution is 7.14. The molecule has 1 atom stereocenters. The van der Waals surface area contributed by atoms with Crippen molar-refractivity contribution in [3.63, 3.8) is 0 Å². The number of likely N-dealkylation sites (tertiary alicyclic amines) is 1. The third kappa shape index (κ3) is 7.03. The molecule has 1 aliphatic rings. The van der Waals surface area contributed by atoms with Crippen LogP contribution in [-0.2, 0) is 11.3 Å². The maximum Gasteiger partial charge on any atom is 0.325 e. The Hall–Kier alpha value is -3.97. The second-order valence-electron chi connectivity index (χ2n) is 9.52. The van der Waals surface area contributed by atoms with Gasteiger partial charge in [-0.2, -0.15) is 0 Å². The molecule has 12 heteroatoms. The number of fused-ring (bicyclic) bond motifs is 1. The van der Waals surface area contributed by atoms with Crippen LogP contribution in [0.15, 0.2) is 54.9 Å². The average molecular weight is 580 g/mol. The maximum atomic E-state index is 12.9. The van der Waals surface area contributed by atoms with Crippen molar-refractivity contribution in [2.75, 3.05) is 45.3 Å². The number of pyridine rings is 1. The number of ether oxygens (including phenoxy) is 3. The van der Waals surface area contributed by atoms with Gasteiger partial charge in [-0.1, -0.05) is 0 Å². The largest absolute Gasteiger partial charge is 0.487 e. The van der Waals surface area contributed by atoms with Crippen molar-refractivity contribution in [2.45, 2.75) is 26.0 Å². The number of carbonyl (C=O) groups is 2. The van der Waals surface area contributed by atoms with Gasteiger partial charge in [0.2, 0.25) is 0 Å². The Balaban J connectivity index is 1.30. The summed E-state index contributed by atoms with van der Waals surface area (Å²) in [5.41, 5.74) is 0.669. The summed E-state index contributed by atoms with van der Waals surface area (Å²) in [6.07, 6.45) is 3.74. The smallest absolute Gasteiger partial charge is 0.325 e. The van der Waals surface area contributed by atoms with E-state index in [0.29, 0.717) is 66.4 Å². The highest BCUT2D eigenvalue weighted by Crippen LogP contribution is 2.36. The molecule has 2 amide bonds. The third-order valence-corrected chi connectivity index (χ3v) is 7.66. The van der Waals surface area contributed by atoms with Crippen molar-refractivity contribution in [3.05, 3.63) is 64.6 Å². The van der Waals surface area contributed by atoms with E-state index in [9.17, 15) is 14.7 Å². The predicted octanol–water partition coefficient (Wildman–Crippen LogP) is 4.31. The molecule has 0 saturated carbocycles. The Morgan fingerprint density at radius 1 is 1.15 bits per heavy atom. The molecule has 1 aliphatic heterocycles. The SMILES string of the molecule is CCOCCOc1cc2c(ccn2C(=O)NC)cc1Oc1ccnc(NC(=O)c2ccc(CN3CC[C@H](O)C3)s2)c1. The first kappa shape index (κ1) is 28.6. The number of hydrogen-bond acceptors (Lipinski definition) is 9. The first-order chi connectivity index (χ1) is 19.9. The molecule has 41 heavy (non-hydrogen) atoms. The molecule has 5 rings (SSSR count). The number of thiophene rings is 1. The number of aliphatic hydroxyl groups is 1. The summed E-state index contributed by atoms with van der Waals surface area (Å²) in [6.45, 7) is 5.41. The van der Waals surface area contributed by atoms with E-state index in [2.05, 4.69) is 20.5 Å². The summed E-state index contributed by atoms with van der Waals surface area (Å²) >= 11 is 1.42. The first-order valence-electron chi connectivity index (χ1n) is 13.5. The number of amides is 2. The molecular formula is C29H33N5O6S. The molecule has 1 saturated heterocycles. The molecular weight excluding hydrogens is 546 g/mol. The van der Waals surface area contributed by atoms with Crippen LogP contribution in [0.25, 0.3) is 10.9 Å². The zero-order valence-corrected chi connectivity index (χ0v) is 23.8. The van der Waals surface area contributed by atoms with Crippen LogP contribution in [0.1, 0.15) is 27.9 Å². The van der Waals surface area contributed by atoms with E-state index in [1.54, 1.807) is 49.8 Å². The van der Waals surface area contributed by atoms with Crippen molar-refractivity contribution in [2.24, 2.45) is 0 Å². The molecule has 11 nitrogen and oxygen atoms in total. The maximum absolute atomic E-state index is 12.9. The van der Waals surface area contributed by atoms with Gasteiger partial charge in [-0.05, 0) is 43.7 Å². The van der Waals surface area contributed by atoms with Gasteiger partial charge in [0.25, 0.3) is 5.91 Å². The van der Waals surface area contributed by atoms with Gasteiger partial charge in [0.15, 0.2) is 11.5 Å². The first-order valence-corrected chi connectivity index (χ1v) is 14.3. The highest BCUT2D eigenvalue weighted by atomic mass is 32.1. The lowest BCUT2D eigenvalue weighted by Crippen LogP contribution is -2.23. The predicted molar refractivity (Wildman–Crippen MR) is 156 cm³/mol. The molecule has 0 spiro atoms. The number of anilines is 1. The monoisotopic (exact) mass is 579 g/mol. The van der Waals surface area contributed by atoms with E-state index in [0.717, 1.165) is 23.2 Å². The zero-order valence-electron chi connectivity index (χ0n) is 23.0. The van der Waals surface area contributed by atoms with Crippen LogP contribution in [-0.4, -0.2) is 77.6 Å². The second kappa shape index (κ2) is 13.1. The average Bonchev–Trinajstić information content (AvgIpc) is 3.71. The topological polar surface area (TPSA) is 127 Å². The molecule has 3 N–H and O–H groups in total. The van der Waals surface area contributed by atoms with E-state index >= 15 is 0 Å². The molecule has 216 valence electrons. The Bertz CT molecular complexity index is 1520. The van der Waals surface area contributed by atoms with Gasteiger partial charge >= 0.3 is 6.03 Å². The summed E-state index contributed by atoms with van der Waals surface area (Å²) in [6, 6.07) is 12.2. The lowest BCUT2D eigenvalue weighted by molar-refractivity contribution is 0.103. The van der Waals surface area contributed by atoms with Crippen LogP contribution in [0.4, 0.5) is 10.6 Å². The number of aliphatic hydroxyl groups excluding tert-OH is 1. The minimum absolute atomic E-state index is 0.260. The Morgan fingerprint density at radius 2 is 2.02 bits per heavy atom.